The van der Waals surface area contributed by atoms with Crippen LogP contribution in [0.2, 0.25) is 0 Å². The van der Waals surface area contributed by atoms with Crippen molar-refractivity contribution in [1.82, 2.24) is 15.1 Å². The molecule has 0 saturated carbocycles. The molecule has 0 aromatic heterocycles. The molecule has 2 bridgehead atoms. The van der Waals surface area contributed by atoms with E-state index in [1.807, 2.05) is 0 Å². The number of hydrogen-bond donors (Lipinski definition) is 1. The Hall–Kier alpha value is -2.02. The van der Waals surface area contributed by atoms with Crippen molar-refractivity contribution in [2.75, 3.05) is 26.2 Å². The first-order chi connectivity index (χ1) is 13.0. The summed E-state index contributed by atoms with van der Waals surface area (Å²) in [4.78, 5) is 28.7. The molecule has 1 aromatic carbocycles. The summed E-state index contributed by atoms with van der Waals surface area (Å²) in [6, 6.07) is 3.69. The number of piperidine rings is 3. The molecule has 2 amide bonds. The van der Waals surface area contributed by atoms with Crippen LogP contribution < -0.4 is 5.32 Å². The Morgan fingerprint density at radius 2 is 2.07 bits per heavy atom. The van der Waals surface area contributed by atoms with Crippen molar-refractivity contribution in [1.29, 1.82) is 0 Å². The Balaban J connectivity index is 1.31. The fourth-order valence-corrected chi connectivity index (χ4v) is 4.96. The molecule has 3 fully saturated rings. The van der Waals surface area contributed by atoms with E-state index < -0.39 is 11.6 Å². The van der Waals surface area contributed by atoms with E-state index in [0.29, 0.717) is 24.3 Å². The highest BCUT2D eigenvalue weighted by Crippen LogP contribution is 2.37. The molecule has 1 aromatic rings. The van der Waals surface area contributed by atoms with Crippen LogP contribution in [0.5, 0.6) is 0 Å². The van der Waals surface area contributed by atoms with Gasteiger partial charge in [0.1, 0.15) is 11.6 Å². The normalized spacial score (nSPS) is 28.0. The van der Waals surface area contributed by atoms with Gasteiger partial charge in [0, 0.05) is 50.3 Å². The van der Waals surface area contributed by atoms with Gasteiger partial charge < -0.3 is 10.2 Å². The average molecular weight is 377 g/mol. The van der Waals surface area contributed by atoms with Crippen LogP contribution in [0.4, 0.5) is 8.78 Å². The summed E-state index contributed by atoms with van der Waals surface area (Å²) in [6.07, 6.45) is 3.83. The van der Waals surface area contributed by atoms with E-state index in [4.69, 9.17) is 0 Å². The Morgan fingerprint density at radius 3 is 2.89 bits per heavy atom. The summed E-state index contributed by atoms with van der Waals surface area (Å²) < 4.78 is 26.6. The van der Waals surface area contributed by atoms with Crippen LogP contribution in [0, 0.1) is 23.5 Å². The summed E-state index contributed by atoms with van der Waals surface area (Å²) in [5, 5.41) is 2.73. The first-order valence-corrected chi connectivity index (χ1v) is 9.72. The van der Waals surface area contributed by atoms with Gasteiger partial charge in [-0.25, -0.2) is 8.78 Å². The van der Waals surface area contributed by atoms with E-state index in [0.717, 1.165) is 45.0 Å². The topological polar surface area (TPSA) is 52.7 Å². The number of carbonyl (C=O) groups is 2. The minimum absolute atomic E-state index is 0.0521. The lowest BCUT2D eigenvalue weighted by atomic mass is 9.76. The van der Waals surface area contributed by atoms with E-state index >= 15 is 0 Å². The Bertz CT molecular complexity index is 742. The van der Waals surface area contributed by atoms with Gasteiger partial charge in [0.05, 0.1) is 6.54 Å². The molecule has 3 saturated heterocycles. The second kappa shape index (κ2) is 7.54. The quantitative estimate of drug-likeness (QED) is 0.872. The second-order valence-electron chi connectivity index (χ2n) is 8.07. The fourth-order valence-electron chi connectivity index (χ4n) is 4.96. The molecule has 146 valence electrons. The molecule has 3 atom stereocenters. The summed E-state index contributed by atoms with van der Waals surface area (Å²) in [5.74, 6) is -0.292. The van der Waals surface area contributed by atoms with E-state index in [9.17, 15) is 18.4 Å². The first kappa shape index (κ1) is 18.3. The Labute approximate surface area is 157 Å². The van der Waals surface area contributed by atoms with Crippen molar-refractivity contribution in [3.8, 4) is 0 Å². The van der Waals surface area contributed by atoms with E-state index in [2.05, 4.69) is 15.1 Å². The number of likely N-dealkylation sites (tertiary alicyclic amines) is 1. The number of nitrogens with one attached hydrogen (secondary N) is 1. The van der Waals surface area contributed by atoms with Gasteiger partial charge in [-0.15, -0.1) is 0 Å². The van der Waals surface area contributed by atoms with Crippen molar-refractivity contribution < 1.29 is 18.4 Å². The van der Waals surface area contributed by atoms with Crippen LogP contribution in [0.1, 0.15) is 31.2 Å². The minimum atomic E-state index is -0.648. The highest BCUT2D eigenvalue weighted by molar-refractivity contribution is 5.78. The maximum Gasteiger partial charge on any atom is 0.234 e. The number of amides is 2. The van der Waals surface area contributed by atoms with E-state index in [1.54, 1.807) is 0 Å². The highest BCUT2D eigenvalue weighted by Gasteiger charge is 2.43. The smallest absolute Gasteiger partial charge is 0.234 e. The number of rotatable bonds is 4. The third-order valence-corrected chi connectivity index (χ3v) is 6.11. The summed E-state index contributed by atoms with van der Waals surface area (Å²) in [6.45, 7) is 2.76. The third-order valence-electron chi connectivity index (χ3n) is 6.11. The number of fused-ring (bicyclic) bond motifs is 4. The molecular formula is C20H25F2N3O2. The second-order valence-corrected chi connectivity index (χ2v) is 8.07. The highest BCUT2D eigenvalue weighted by atomic mass is 19.1. The first-order valence-electron chi connectivity index (χ1n) is 9.72. The summed E-state index contributed by atoms with van der Waals surface area (Å²) in [7, 11) is 0. The minimum Gasteiger partial charge on any atom is -0.351 e. The van der Waals surface area contributed by atoms with Gasteiger partial charge in [0.15, 0.2) is 0 Å². The van der Waals surface area contributed by atoms with Gasteiger partial charge in [-0.05, 0) is 37.2 Å². The molecule has 7 heteroatoms. The van der Waals surface area contributed by atoms with Crippen LogP contribution in [0.3, 0.4) is 0 Å². The number of carbonyl (C=O) groups excluding carboxylic acids is 2. The maximum atomic E-state index is 13.7. The maximum absolute atomic E-state index is 13.7. The third kappa shape index (κ3) is 3.98. The van der Waals surface area contributed by atoms with Crippen molar-refractivity contribution in [2.24, 2.45) is 11.8 Å². The van der Waals surface area contributed by atoms with Crippen molar-refractivity contribution in [2.45, 2.75) is 38.3 Å². The van der Waals surface area contributed by atoms with E-state index in [-0.39, 0.29) is 30.5 Å². The average Bonchev–Trinajstić information content (AvgIpc) is 2.62. The standard InChI is InChI=1S/C20H25F2N3O2/c21-16-5-4-14(17(22)7-16)8-23-19(26)12-24-9-13-6-15(11-24)18-2-1-3-20(27)25(18)10-13/h4-5,7,13,15,18H,1-3,6,8-12H2,(H,23,26)/t13?,15?,18-/m1/s1. The number of halogens is 2. The van der Waals surface area contributed by atoms with Crippen LogP contribution in [-0.4, -0.2) is 53.8 Å². The van der Waals surface area contributed by atoms with Crippen molar-refractivity contribution >= 4 is 11.8 Å². The Morgan fingerprint density at radius 1 is 1.22 bits per heavy atom. The summed E-state index contributed by atoms with van der Waals surface area (Å²) in [5.41, 5.74) is 0.275. The van der Waals surface area contributed by atoms with Gasteiger partial charge >= 0.3 is 0 Å². The zero-order valence-corrected chi connectivity index (χ0v) is 15.3. The number of nitrogens with zero attached hydrogens (tertiary/aromatic N) is 2. The molecule has 27 heavy (non-hydrogen) atoms. The monoisotopic (exact) mass is 377 g/mol. The predicted molar refractivity (Wildman–Crippen MR) is 95.6 cm³/mol. The van der Waals surface area contributed by atoms with Gasteiger partial charge in [-0.1, -0.05) is 6.07 Å². The van der Waals surface area contributed by atoms with Crippen LogP contribution >= 0.6 is 0 Å². The molecule has 0 aliphatic carbocycles. The molecular weight excluding hydrogens is 352 g/mol. The van der Waals surface area contributed by atoms with Gasteiger partial charge in [-0.3, -0.25) is 14.5 Å². The molecule has 2 unspecified atom stereocenters. The molecule has 3 aliphatic heterocycles. The summed E-state index contributed by atoms with van der Waals surface area (Å²) >= 11 is 0. The van der Waals surface area contributed by atoms with Crippen molar-refractivity contribution in [3.63, 3.8) is 0 Å². The molecule has 5 nitrogen and oxygen atoms in total. The largest absolute Gasteiger partial charge is 0.351 e. The number of hydrogen-bond acceptors (Lipinski definition) is 3. The number of benzene rings is 1. The zero-order chi connectivity index (χ0) is 19.0. The molecule has 1 N–H and O–H groups in total. The van der Waals surface area contributed by atoms with Crippen LogP contribution in [0.15, 0.2) is 18.2 Å². The SMILES string of the molecule is O=C(CN1CC2CC(C1)[C@H]1CCCC(=O)N1C2)NCc1ccc(F)cc1F. The molecule has 3 aliphatic rings. The van der Waals surface area contributed by atoms with Gasteiger partial charge in [0.25, 0.3) is 0 Å². The fraction of sp³-hybridized carbons (Fsp3) is 0.600. The van der Waals surface area contributed by atoms with Gasteiger partial charge in [0.2, 0.25) is 11.8 Å². The van der Waals surface area contributed by atoms with Gasteiger partial charge in [-0.2, -0.15) is 0 Å². The zero-order valence-electron chi connectivity index (χ0n) is 15.3. The van der Waals surface area contributed by atoms with Crippen LogP contribution in [0.25, 0.3) is 0 Å². The molecule has 4 rings (SSSR count). The predicted octanol–water partition coefficient (Wildman–Crippen LogP) is 1.91. The van der Waals surface area contributed by atoms with Crippen molar-refractivity contribution in [3.05, 3.63) is 35.4 Å². The molecule has 3 heterocycles. The Kier molecular flexibility index (Phi) is 5.12. The molecule has 0 spiro atoms. The van der Waals surface area contributed by atoms with E-state index in [1.165, 1.54) is 12.1 Å². The lowest BCUT2D eigenvalue weighted by molar-refractivity contribution is -0.145. The lowest BCUT2D eigenvalue weighted by Gasteiger charge is -2.52. The molecule has 0 radical (unpaired) electrons. The lowest BCUT2D eigenvalue weighted by Crippen LogP contribution is -2.61. The van der Waals surface area contributed by atoms with Crippen LogP contribution in [-0.2, 0) is 16.1 Å².